The van der Waals surface area contributed by atoms with Crippen molar-refractivity contribution in [2.45, 2.75) is 6.61 Å². The van der Waals surface area contributed by atoms with Gasteiger partial charge in [-0.3, -0.25) is 10.1 Å². The van der Waals surface area contributed by atoms with E-state index in [2.05, 4.69) is 0 Å². The highest BCUT2D eigenvalue weighted by molar-refractivity contribution is 5.48. The van der Waals surface area contributed by atoms with Crippen molar-refractivity contribution in [3.63, 3.8) is 0 Å². The zero-order valence-electron chi connectivity index (χ0n) is 10.2. The van der Waals surface area contributed by atoms with Crippen LogP contribution in [0.25, 0.3) is 6.08 Å². The number of rotatable bonds is 5. The Morgan fingerprint density at radius 2 is 1.74 bits per heavy atom. The van der Waals surface area contributed by atoms with E-state index in [-0.39, 0.29) is 0 Å². The molecule has 0 saturated heterocycles. The van der Waals surface area contributed by atoms with E-state index >= 15 is 0 Å². The van der Waals surface area contributed by atoms with Crippen LogP contribution in [0.3, 0.4) is 0 Å². The highest BCUT2D eigenvalue weighted by Gasteiger charge is 1.96. The van der Waals surface area contributed by atoms with Gasteiger partial charge in [-0.05, 0) is 23.3 Å². The first kappa shape index (κ1) is 12.8. The summed E-state index contributed by atoms with van der Waals surface area (Å²) in [7, 11) is 0. The fourth-order valence-electron chi connectivity index (χ4n) is 1.56. The highest BCUT2D eigenvalue weighted by Crippen LogP contribution is 2.12. The molecule has 2 aromatic rings. The lowest BCUT2D eigenvalue weighted by Gasteiger charge is -2.05. The Morgan fingerprint density at radius 3 is 2.37 bits per heavy atom. The van der Waals surface area contributed by atoms with Gasteiger partial charge in [0.05, 0.1) is 4.92 Å². The Labute approximate surface area is 111 Å². The normalized spacial score (nSPS) is 10.5. The lowest BCUT2D eigenvalue weighted by molar-refractivity contribution is -0.400. The van der Waals surface area contributed by atoms with E-state index in [0.717, 1.165) is 23.1 Å². The predicted octanol–water partition coefficient (Wildman–Crippen LogP) is 3.51. The fraction of sp³-hybridized carbons (Fsp3) is 0.0667. The molecule has 2 rings (SSSR count). The molecule has 0 unspecified atom stereocenters. The van der Waals surface area contributed by atoms with Gasteiger partial charge in [0.15, 0.2) is 0 Å². The standard InChI is InChI=1S/C15H13NO3/c17-16(18)11-10-13-6-8-14(9-7-13)12-19-15-4-2-1-3-5-15/h1-11H,12H2. The first-order valence-electron chi connectivity index (χ1n) is 5.82. The van der Waals surface area contributed by atoms with Crippen molar-refractivity contribution < 1.29 is 9.66 Å². The summed E-state index contributed by atoms with van der Waals surface area (Å²) >= 11 is 0. The molecule has 0 amide bonds. The topological polar surface area (TPSA) is 52.4 Å². The smallest absolute Gasteiger partial charge is 0.235 e. The summed E-state index contributed by atoms with van der Waals surface area (Å²) in [4.78, 5) is 9.72. The second-order valence-electron chi connectivity index (χ2n) is 3.94. The summed E-state index contributed by atoms with van der Waals surface area (Å²) in [6.45, 7) is 0.475. The Kier molecular flexibility index (Phi) is 4.29. The monoisotopic (exact) mass is 255 g/mol. The van der Waals surface area contributed by atoms with Crippen molar-refractivity contribution in [3.05, 3.63) is 82.0 Å². The third-order valence-electron chi connectivity index (χ3n) is 2.52. The molecule has 0 atom stereocenters. The van der Waals surface area contributed by atoms with E-state index in [0.29, 0.717) is 6.61 Å². The van der Waals surface area contributed by atoms with Crippen molar-refractivity contribution >= 4 is 6.08 Å². The van der Waals surface area contributed by atoms with E-state index in [9.17, 15) is 10.1 Å². The third kappa shape index (κ3) is 4.27. The molecule has 19 heavy (non-hydrogen) atoms. The van der Waals surface area contributed by atoms with E-state index < -0.39 is 4.92 Å². The minimum Gasteiger partial charge on any atom is -0.489 e. The Hall–Kier alpha value is -2.62. The van der Waals surface area contributed by atoms with Crippen LogP contribution in [0.15, 0.2) is 60.8 Å². The largest absolute Gasteiger partial charge is 0.489 e. The Bertz CT molecular complexity index is 562. The molecule has 4 nitrogen and oxygen atoms in total. The molecule has 4 heteroatoms. The molecule has 0 heterocycles. The van der Waals surface area contributed by atoms with Gasteiger partial charge >= 0.3 is 0 Å². The predicted molar refractivity (Wildman–Crippen MR) is 73.2 cm³/mol. The van der Waals surface area contributed by atoms with Gasteiger partial charge in [0.25, 0.3) is 0 Å². The van der Waals surface area contributed by atoms with Crippen LogP contribution in [-0.4, -0.2) is 4.92 Å². The molecule has 0 radical (unpaired) electrons. The molecule has 0 bridgehead atoms. The van der Waals surface area contributed by atoms with Gasteiger partial charge in [-0.25, -0.2) is 0 Å². The van der Waals surface area contributed by atoms with Gasteiger partial charge in [0, 0.05) is 6.08 Å². The summed E-state index contributed by atoms with van der Waals surface area (Å²) in [5.74, 6) is 0.819. The minimum atomic E-state index is -0.480. The van der Waals surface area contributed by atoms with Gasteiger partial charge in [-0.1, -0.05) is 42.5 Å². The summed E-state index contributed by atoms with van der Waals surface area (Å²) in [6.07, 6.45) is 2.39. The number of para-hydroxylation sites is 1. The molecular weight excluding hydrogens is 242 g/mol. The zero-order valence-corrected chi connectivity index (χ0v) is 10.2. The number of ether oxygens (including phenoxy) is 1. The molecule has 0 aliphatic carbocycles. The molecule has 0 spiro atoms. The summed E-state index contributed by atoms with van der Waals surface area (Å²) in [5, 5.41) is 10.2. The molecule has 0 fully saturated rings. The van der Waals surface area contributed by atoms with Crippen molar-refractivity contribution in [1.29, 1.82) is 0 Å². The molecule has 0 saturated carbocycles. The van der Waals surface area contributed by atoms with E-state index in [1.807, 2.05) is 54.6 Å². The Morgan fingerprint density at radius 1 is 1.05 bits per heavy atom. The summed E-state index contributed by atoms with van der Waals surface area (Å²) in [6, 6.07) is 17.0. The second kappa shape index (κ2) is 6.35. The third-order valence-corrected chi connectivity index (χ3v) is 2.52. The molecule has 2 aromatic carbocycles. The number of nitrogens with zero attached hydrogens (tertiary/aromatic N) is 1. The molecule has 0 aromatic heterocycles. The van der Waals surface area contributed by atoms with Crippen LogP contribution in [0.1, 0.15) is 11.1 Å². The lowest BCUT2D eigenvalue weighted by atomic mass is 10.1. The maximum Gasteiger partial charge on any atom is 0.235 e. The minimum absolute atomic E-state index is 0.475. The summed E-state index contributed by atoms with van der Waals surface area (Å²) in [5.41, 5.74) is 1.81. The van der Waals surface area contributed by atoms with E-state index in [1.54, 1.807) is 0 Å². The van der Waals surface area contributed by atoms with Crippen LogP contribution in [-0.2, 0) is 6.61 Å². The highest BCUT2D eigenvalue weighted by atomic mass is 16.6. The van der Waals surface area contributed by atoms with E-state index in [4.69, 9.17) is 4.74 Å². The fourth-order valence-corrected chi connectivity index (χ4v) is 1.56. The van der Waals surface area contributed by atoms with E-state index in [1.165, 1.54) is 6.08 Å². The Balaban J connectivity index is 1.94. The van der Waals surface area contributed by atoms with Crippen molar-refractivity contribution in [2.24, 2.45) is 0 Å². The molecular formula is C15H13NO3. The van der Waals surface area contributed by atoms with Gasteiger partial charge < -0.3 is 4.74 Å². The molecule has 96 valence electrons. The van der Waals surface area contributed by atoms with Crippen molar-refractivity contribution in [1.82, 2.24) is 0 Å². The van der Waals surface area contributed by atoms with Crippen LogP contribution >= 0.6 is 0 Å². The maximum atomic E-state index is 10.2. The van der Waals surface area contributed by atoms with Gasteiger partial charge in [-0.2, -0.15) is 0 Å². The summed E-state index contributed by atoms with van der Waals surface area (Å²) < 4.78 is 5.60. The maximum absolute atomic E-state index is 10.2. The average Bonchev–Trinajstić information content (AvgIpc) is 2.45. The van der Waals surface area contributed by atoms with Crippen LogP contribution in [0.2, 0.25) is 0 Å². The lowest BCUT2D eigenvalue weighted by Crippen LogP contribution is -1.94. The number of hydrogen-bond acceptors (Lipinski definition) is 3. The zero-order chi connectivity index (χ0) is 13.5. The van der Waals surface area contributed by atoms with Crippen LogP contribution in [0, 0.1) is 10.1 Å². The number of benzene rings is 2. The van der Waals surface area contributed by atoms with Crippen LogP contribution in [0.5, 0.6) is 5.75 Å². The molecule has 0 aliphatic rings. The first-order valence-corrected chi connectivity index (χ1v) is 5.82. The van der Waals surface area contributed by atoms with Crippen LogP contribution < -0.4 is 4.74 Å². The molecule has 0 N–H and O–H groups in total. The van der Waals surface area contributed by atoms with Gasteiger partial charge in [-0.15, -0.1) is 0 Å². The van der Waals surface area contributed by atoms with Crippen LogP contribution in [0.4, 0.5) is 0 Å². The van der Waals surface area contributed by atoms with Crippen molar-refractivity contribution in [2.75, 3.05) is 0 Å². The first-order chi connectivity index (χ1) is 9.24. The number of nitro groups is 1. The quantitative estimate of drug-likeness (QED) is 0.606. The SMILES string of the molecule is O=[N+]([O-])C=Cc1ccc(COc2ccccc2)cc1. The average molecular weight is 255 g/mol. The number of hydrogen-bond donors (Lipinski definition) is 0. The van der Waals surface area contributed by atoms with Crippen molar-refractivity contribution in [3.8, 4) is 5.75 Å². The van der Waals surface area contributed by atoms with Gasteiger partial charge in [0.1, 0.15) is 12.4 Å². The van der Waals surface area contributed by atoms with Gasteiger partial charge in [0.2, 0.25) is 6.20 Å². The molecule has 0 aliphatic heterocycles. The second-order valence-corrected chi connectivity index (χ2v) is 3.94.